The summed E-state index contributed by atoms with van der Waals surface area (Å²) in [6.07, 6.45) is 1.32. The van der Waals surface area contributed by atoms with Crippen LogP contribution in [-0.2, 0) is 9.53 Å². The normalized spacial score (nSPS) is 10.9. The number of esters is 1. The molecule has 2 rings (SSSR count). The van der Waals surface area contributed by atoms with Crippen molar-refractivity contribution < 1.29 is 14.3 Å². The number of fused-ring (bicyclic) bond motifs is 1. The van der Waals surface area contributed by atoms with Crippen molar-refractivity contribution in [1.29, 1.82) is 0 Å². The Hall–Kier alpha value is -2.44. The highest BCUT2D eigenvalue weighted by Crippen LogP contribution is 2.04. The average Bonchev–Trinajstić information content (AvgIpc) is 2.76. The molecule has 7 nitrogen and oxygen atoms in total. The number of nitrogens with one attached hydrogen (secondary N) is 1. The number of carbonyl (C=O) groups is 2. The van der Waals surface area contributed by atoms with Gasteiger partial charge in [-0.3, -0.25) is 4.79 Å². The zero-order valence-electron chi connectivity index (χ0n) is 10.5. The minimum absolute atomic E-state index is 0.157. The zero-order chi connectivity index (χ0) is 14.0. The molecular formula is C12H13N3O4. The van der Waals surface area contributed by atoms with Crippen molar-refractivity contribution in [2.75, 3.05) is 6.61 Å². The van der Waals surface area contributed by atoms with E-state index >= 15 is 0 Å². The molecule has 0 unspecified atom stereocenters. The summed E-state index contributed by atoms with van der Waals surface area (Å²) in [7, 11) is 0. The summed E-state index contributed by atoms with van der Waals surface area (Å²) in [6, 6.07) is 3.00. The number of carbonyl (C=O) groups excluding carboxylic acids is 2. The summed E-state index contributed by atoms with van der Waals surface area (Å²) >= 11 is 0. The smallest absolute Gasteiger partial charge is 0.347 e. The maximum atomic E-state index is 11.7. The molecule has 0 saturated heterocycles. The van der Waals surface area contributed by atoms with Crippen LogP contribution in [0.4, 0.5) is 0 Å². The van der Waals surface area contributed by atoms with Crippen LogP contribution in [0.25, 0.3) is 5.65 Å². The molecule has 2 aromatic heterocycles. The van der Waals surface area contributed by atoms with Crippen LogP contribution in [0.15, 0.2) is 23.1 Å². The van der Waals surface area contributed by atoms with E-state index in [1.165, 1.54) is 22.7 Å². The molecule has 0 spiro atoms. The minimum Gasteiger partial charge on any atom is -0.454 e. The van der Waals surface area contributed by atoms with Gasteiger partial charge < -0.3 is 4.74 Å². The van der Waals surface area contributed by atoms with E-state index in [0.29, 0.717) is 5.65 Å². The van der Waals surface area contributed by atoms with Gasteiger partial charge in [-0.2, -0.15) is 5.10 Å². The van der Waals surface area contributed by atoms with E-state index in [2.05, 4.69) is 10.2 Å². The van der Waals surface area contributed by atoms with Crippen molar-refractivity contribution in [2.45, 2.75) is 13.8 Å². The van der Waals surface area contributed by atoms with Crippen LogP contribution in [-0.4, -0.2) is 33.0 Å². The Bertz CT molecular complexity index is 684. The van der Waals surface area contributed by atoms with E-state index in [1.54, 1.807) is 13.8 Å². The largest absolute Gasteiger partial charge is 0.454 e. The van der Waals surface area contributed by atoms with Gasteiger partial charge in [0.25, 0.3) is 0 Å². The molecule has 0 aliphatic heterocycles. The molecule has 0 aliphatic carbocycles. The molecule has 0 atom stereocenters. The molecule has 0 aliphatic rings. The molecule has 100 valence electrons. The third kappa shape index (κ3) is 2.70. The first-order chi connectivity index (χ1) is 8.99. The van der Waals surface area contributed by atoms with Gasteiger partial charge >= 0.3 is 11.7 Å². The van der Waals surface area contributed by atoms with Gasteiger partial charge in [-0.25, -0.2) is 19.1 Å². The lowest BCUT2D eigenvalue weighted by atomic mass is 10.1. The Morgan fingerprint density at radius 3 is 2.84 bits per heavy atom. The van der Waals surface area contributed by atoms with Crippen molar-refractivity contribution in [3.8, 4) is 0 Å². The third-order valence-electron chi connectivity index (χ3n) is 2.64. The number of hydrogen-bond acceptors (Lipinski definition) is 5. The highest BCUT2D eigenvalue weighted by atomic mass is 16.5. The van der Waals surface area contributed by atoms with Gasteiger partial charge in [0.15, 0.2) is 18.0 Å². The standard InChI is InChI=1S/C12H13N3O4/c1-7(2)9(16)6-19-11(17)8-3-4-10-13-14-12(18)15(10)5-8/h3-5,7H,6H2,1-2H3,(H,14,18). The fraction of sp³-hybridized carbons (Fsp3) is 0.333. The van der Waals surface area contributed by atoms with Gasteiger partial charge in [-0.05, 0) is 12.1 Å². The predicted octanol–water partition coefficient (Wildman–Crippen LogP) is 0.404. The SMILES string of the molecule is CC(C)C(=O)COC(=O)c1ccc2n[nH]c(=O)n2c1. The Morgan fingerprint density at radius 1 is 1.42 bits per heavy atom. The second kappa shape index (κ2) is 5.05. The number of ketones is 1. The molecule has 7 heteroatoms. The van der Waals surface area contributed by atoms with Crippen LogP contribution in [0.2, 0.25) is 0 Å². The van der Waals surface area contributed by atoms with Crippen LogP contribution in [0, 0.1) is 5.92 Å². The quantitative estimate of drug-likeness (QED) is 0.806. The first kappa shape index (κ1) is 13.0. The molecule has 0 radical (unpaired) electrons. The highest BCUT2D eigenvalue weighted by molar-refractivity contribution is 5.91. The van der Waals surface area contributed by atoms with Gasteiger partial charge in [0.05, 0.1) is 5.56 Å². The fourth-order valence-corrected chi connectivity index (χ4v) is 1.41. The maximum absolute atomic E-state index is 11.7. The first-order valence-corrected chi connectivity index (χ1v) is 5.75. The van der Waals surface area contributed by atoms with Crippen molar-refractivity contribution in [2.24, 2.45) is 5.92 Å². The predicted molar refractivity (Wildman–Crippen MR) is 65.9 cm³/mol. The number of rotatable bonds is 4. The Morgan fingerprint density at radius 2 is 2.16 bits per heavy atom. The van der Waals surface area contributed by atoms with Gasteiger partial charge in [0.2, 0.25) is 0 Å². The Balaban J connectivity index is 2.15. The Labute approximate surface area is 108 Å². The molecule has 0 aromatic carbocycles. The number of ether oxygens (including phenoxy) is 1. The van der Waals surface area contributed by atoms with Crippen LogP contribution in [0.5, 0.6) is 0 Å². The molecular weight excluding hydrogens is 250 g/mol. The van der Waals surface area contributed by atoms with Crippen LogP contribution in [0.1, 0.15) is 24.2 Å². The summed E-state index contributed by atoms with van der Waals surface area (Å²) in [6.45, 7) is 3.19. The number of aromatic nitrogens is 3. The molecule has 0 saturated carbocycles. The van der Waals surface area contributed by atoms with Crippen LogP contribution in [0.3, 0.4) is 0 Å². The number of Topliss-reactive ketones (excluding diaryl/α,β-unsaturated/α-hetero) is 1. The monoisotopic (exact) mass is 263 g/mol. The second-order valence-corrected chi connectivity index (χ2v) is 4.37. The summed E-state index contributed by atoms with van der Waals surface area (Å²) in [5.74, 6) is -0.995. The van der Waals surface area contributed by atoms with E-state index in [-0.39, 0.29) is 23.9 Å². The van der Waals surface area contributed by atoms with E-state index in [4.69, 9.17) is 4.74 Å². The lowest BCUT2D eigenvalue weighted by Crippen LogP contribution is -2.19. The van der Waals surface area contributed by atoms with Crippen molar-refractivity contribution in [3.05, 3.63) is 34.4 Å². The molecule has 0 fully saturated rings. The minimum atomic E-state index is -0.649. The molecule has 1 N–H and O–H groups in total. The number of H-pyrrole nitrogens is 1. The summed E-state index contributed by atoms with van der Waals surface area (Å²) in [4.78, 5) is 34.4. The van der Waals surface area contributed by atoms with Gasteiger partial charge in [0.1, 0.15) is 0 Å². The fourth-order valence-electron chi connectivity index (χ4n) is 1.41. The zero-order valence-corrected chi connectivity index (χ0v) is 10.5. The maximum Gasteiger partial charge on any atom is 0.347 e. The molecule has 19 heavy (non-hydrogen) atoms. The van der Waals surface area contributed by atoms with Crippen LogP contribution < -0.4 is 5.69 Å². The average molecular weight is 263 g/mol. The van der Waals surface area contributed by atoms with E-state index in [1.807, 2.05) is 0 Å². The molecule has 2 aromatic rings. The lowest BCUT2D eigenvalue weighted by Gasteiger charge is -2.06. The summed E-state index contributed by atoms with van der Waals surface area (Å²) in [5.41, 5.74) is 0.148. The second-order valence-electron chi connectivity index (χ2n) is 4.37. The number of aromatic amines is 1. The number of pyridine rings is 1. The lowest BCUT2D eigenvalue weighted by molar-refractivity contribution is -0.125. The molecule has 0 amide bonds. The number of nitrogens with zero attached hydrogens (tertiary/aromatic N) is 2. The van der Waals surface area contributed by atoms with Gasteiger partial charge in [-0.1, -0.05) is 13.8 Å². The van der Waals surface area contributed by atoms with E-state index < -0.39 is 11.7 Å². The van der Waals surface area contributed by atoms with Gasteiger partial charge in [-0.15, -0.1) is 0 Å². The first-order valence-electron chi connectivity index (χ1n) is 5.75. The molecule has 0 bridgehead atoms. The van der Waals surface area contributed by atoms with Crippen molar-refractivity contribution in [1.82, 2.24) is 14.6 Å². The summed E-state index contributed by atoms with van der Waals surface area (Å²) in [5, 5.41) is 5.99. The highest BCUT2D eigenvalue weighted by Gasteiger charge is 2.13. The van der Waals surface area contributed by atoms with Gasteiger partial charge in [0, 0.05) is 12.1 Å². The van der Waals surface area contributed by atoms with E-state index in [0.717, 1.165) is 0 Å². The van der Waals surface area contributed by atoms with Crippen molar-refractivity contribution >= 4 is 17.4 Å². The topological polar surface area (TPSA) is 93.5 Å². The Kier molecular flexibility index (Phi) is 3.46. The summed E-state index contributed by atoms with van der Waals surface area (Å²) < 4.78 is 6.08. The van der Waals surface area contributed by atoms with Crippen molar-refractivity contribution in [3.63, 3.8) is 0 Å². The third-order valence-corrected chi connectivity index (χ3v) is 2.64. The molecule has 2 heterocycles. The van der Waals surface area contributed by atoms with E-state index in [9.17, 15) is 14.4 Å². The van der Waals surface area contributed by atoms with Crippen LogP contribution >= 0.6 is 0 Å². The number of hydrogen-bond donors (Lipinski definition) is 1.